The highest BCUT2D eigenvalue weighted by Gasteiger charge is 2.17. The van der Waals surface area contributed by atoms with Crippen molar-refractivity contribution in [3.05, 3.63) is 66.0 Å². The zero-order valence-electron chi connectivity index (χ0n) is 14.4. The SMILES string of the molecule is CC(C)c1nc2ccccc2n1CC(=O)NC(C)c1ccccc1. The molecule has 4 heteroatoms. The molecule has 1 unspecified atom stereocenters. The molecule has 1 amide bonds. The van der Waals surface area contributed by atoms with E-state index in [1.165, 1.54) is 0 Å². The van der Waals surface area contributed by atoms with E-state index in [9.17, 15) is 4.79 Å². The Hall–Kier alpha value is -2.62. The minimum absolute atomic E-state index is 0.00333. The topological polar surface area (TPSA) is 46.9 Å². The maximum absolute atomic E-state index is 12.6. The van der Waals surface area contributed by atoms with Gasteiger partial charge < -0.3 is 9.88 Å². The molecule has 0 aliphatic rings. The van der Waals surface area contributed by atoms with Gasteiger partial charge in [-0.2, -0.15) is 0 Å². The van der Waals surface area contributed by atoms with Gasteiger partial charge in [0, 0.05) is 5.92 Å². The molecule has 0 saturated carbocycles. The lowest BCUT2D eigenvalue weighted by molar-refractivity contribution is -0.122. The van der Waals surface area contributed by atoms with E-state index in [2.05, 4.69) is 24.1 Å². The minimum atomic E-state index is -0.0176. The average molecular weight is 321 g/mol. The van der Waals surface area contributed by atoms with Crippen LogP contribution in [0.5, 0.6) is 0 Å². The lowest BCUT2D eigenvalue weighted by Crippen LogP contribution is -2.30. The number of nitrogens with zero attached hydrogens (tertiary/aromatic N) is 2. The number of carbonyl (C=O) groups excluding carboxylic acids is 1. The van der Waals surface area contributed by atoms with Gasteiger partial charge in [-0.15, -0.1) is 0 Å². The van der Waals surface area contributed by atoms with Crippen molar-refractivity contribution in [1.29, 1.82) is 0 Å². The zero-order chi connectivity index (χ0) is 17.1. The molecule has 0 aliphatic heterocycles. The van der Waals surface area contributed by atoms with Gasteiger partial charge in [0.1, 0.15) is 12.4 Å². The van der Waals surface area contributed by atoms with Crippen LogP contribution < -0.4 is 5.32 Å². The Kier molecular flexibility index (Phi) is 4.65. The summed E-state index contributed by atoms with van der Waals surface area (Å²) in [6, 6.07) is 17.9. The van der Waals surface area contributed by atoms with E-state index < -0.39 is 0 Å². The fraction of sp³-hybridized carbons (Fsp3) is 0.300. The second-order valence-corrected chi connectivity index (χ2v) is 6.40. The predicted octanol–water partition coefficient (Wildman–Crippen LogP) is 4.04. The number of fused-ring (bicyclic) bond motifs is 1. The van der Waals surface area contributed by atoms with Gasteiger partial charge in [0.25, 0.3) is 0 Å². The summed E-state index contributed by atoms with van der Waals surface area (Å²) in [5.41, 5.74) is 3.04. The Labute approximate surface area is 142 Å². The van der Waals surface area contributed by atoms with Crippen LogP contribution in [0.1, 0.15) is 44.1 Å². The standard InChI is InChI=1S/C20H23N3O/c1-14(2)20-22-17-11-7-8-12-18(17)23(20)13-19(24)21-15(3)16-9-5-4-6-10-16/h4-12,14-15H,13H2,1-3H3,(H,21,24). The van der Waals surface area contributed by atoms with Crippen LogP contribution in [0.2, 0.25) is 0 Å². The van der Waals surface area contributed by atoms with E-state index >= 15 is 0 Å². The molecule has 0 saturated heterocycles. The smallest absolute Gasteiger partial charge is 0.240 e. The first-order chi connectivity index (χ1) is 11.6. The summed E-state index contributed by atoms with van der Waals surface area (Å²) in [6.45, 7) is 6.48. The third-order valence-corrected chi connectivity index (χ3v) is 4.18. The van der Waals surface area contributed by atoms with Crippen molar-refractivity contribution in [2.45, 2.75) is 39.3 Å². The molecule has 124 valence electrons. The molecular weight excluding hydrogens is 298 g/mol. The molecule has 0 fully saturated rings. The van der Waals surface area contributed by atoms with Crippen LogP contribution in [0, 0.1) is 0 Å². The fourth-order valence-corrected chi connectivity index (χ4v) is 2.96. The molecule has 1 atom stereocenters. The van der Waals surface area contributed by atoms with E-state index in [0.29, 0.717) is 0 Å². The molecule has 1 aromatic heterocycles. The fourth-order valence-electron chi connectivity index (χ4n) is 2.96. The first kappa shape index (κ1) is 16.2. The molecule has 2 aromatic carbocycles. The monoisotopic (exact) mass is 321 g/mol. The number of para-hydroxylation sites is 2. The van der Waals surface area contributed by atoms with E-state index in [0.717, 1.165) is 22.4 Å². The van der Waals surface area contributed by atoms with Gasteiger partial charge in [-0.3, -0.25) is 4.79 Å². The van der Waals surface area contributed by atoms with Crippen molar-refractivity contribution in [1.82, 2.24) is 14.9 Å². The Morgan fingerprint density at radius 3 is 2.42 bits per heavy atom. The van der Waals surface area contributed by atoms with Crippen LogP contribution in [-0.4, -0.2) is 15.5 Å². The van der Waals surface area contributed by atoms with Crippen molar-refractivity contribution >= 4 is 16.9 Å². The van der Waals surface area contributed by atoms with Gasteiger partial charge in [0.05, 0.1) is 17.1 Å². The van der Waals surface area contributed by atoms with Crippen molar-refractivity contribution in [2.24, 2.45) is 0 Å². The molecule has 1 heterocycles. The third-order valence-electron chi connectivity index (χ3n) is 4.18. The number of aromatic nitrogens is 2. The Balaban J connectivity index is 1.81. The van der Waals surface area contributed by atoms with Gasteiger partial charge in [0.15, 0.2) is 0 Å². The van der Waals surface area contributed by atoms with Crippen LogP contribution in [0.3, 0.4) is 0 Å². The number of imidazole rings is 1. The summed E-state index contributed by atoms with van der Waals surface area (Å²) in [4.78, 5) is 17.2. The van der Waals surface area contributed by atoms with Crippen molar-refractivity contribution in [3.63, 3.8) is 0 Å². The second-order valence-electron chi connectivity index (χ2n) is 6.40. The quantitative estimate of drug-likeness (QED) is 0.771. The molecule has 0 bridgehead atoms. The maximum Gasteiger partial charge on any atom is 0.240 e. The van der Waals surface area contributed by atoms with E-state index in [-0.39, 0.29) is 24.4 Å². The van der Waals surface area contributed by atoms with Crippen molar-refractivity contribution < 1.29 is 4.79 Å². The lowest BCUT2D eigenvalue weighted by Gasteiger charge is -2.16. The first-order valence-electron chi connectivity index (χ1n) is 8.35. The van der Waals surface area contributed by atoms with Crippen molar-refractivity contribution in [2.75, 3.05) is 0 Å². The highest BCUT2D eigenvalue weighted by Crippen LogP contribution is 2.21. The van der Waals surface area contributed by atoms with Crippen LogP contribution >= 0.6 is 0 Å². The number of nitrogens with one attached hydrogen (secondary N) is 1. The van der Waals surface area contributed by atoms with Gasteiger partial charge >= 0.3 is 0 Å². The van der Waals surface area contributed by atoms with Crippen LogP contribution in [0.15, 0.2) is 54.6 Å². The molecule has 0 radical (unpaired) electrons. The van der Waals surface area contributed by atoms with Gasteiger partial charge in [-0.25, -0.2) is 4.98 Å². The van der Waals surface area contributed by atoms with Crippen molar-refractivity contribution in [3.8, 4) is 0 Å². The third kappa shape index (κ3) is 3.32. The predicted molar refractivity (Wildman–Crippen MR) is 96.8 cm³/mol. The molecular formula is C20H23N3O. The van der Waals surface area contributed by atoms with Gasteiger partial charge in [0.2, 0.25) is 5.91 Å². The summed E-state index contributed by atoms with van der Waals surface area (Å²) >= 11 is 0. The zero-order valence-corrected chi connectivity index (χ0v) is 14.4. The van der Waals surface area contributed by atoms with E-state index in [1.807, 2.05) is 66.1 Å². The largest absolute Gasteiger partial charge is 0.348 e. The molecule has 0 spiro atoms. The number of hydrogen-bond acceptors (Lipinski definition) is 2. The normalized spacial score (nSPS) is 12.5. The molecule has 3 aromatic rings. The van der Waals surface area contributed by atoms with Gasteiger partial charge in [-0.05, 0) is 24.6 Å². The first-order valence-corrected chi connectivity index (χ1v) is 8.35. The minimum Gasteiger partial charge on any atom is -0.348 e. The maximum atomic E-state index is 12.6. The molecule has 3 rings (SSSR count). The number of hydrogen-bond donors (Lipinski definition) is 1. The number of rotatable bonds is 5. The van der Waals surface area contributed by atoms with Crippen LogP contribution in [-0.2, 0) is 11.3 Å². The lowest BCUT2D eigenvalue weighted by atomic mass is 10.1. The summed E-state index contributed by atoms with van der Waals surface area (Å²) < 4.78 is 2.02. The summed E-state index contributed by atoms with van der Waals surface area (Å²) in [6.07, 6.45) is 0. The number of benzene rings is 2. The number of amides is 1. The van der Waals surface area contributed by atoms with Crippen LogP contribution in [0.4, 0.5) is 0 Å². The Morgan fingerprint density at radius 2 is 1.71 bits per heavy atom. The summed E-state index contributed by atoms with van der Waals surface area (Å²) in [5.74, 6) is 1.20. The second kappa shape index (κ2) is 6.87. The highest BCUT2D eigenvalue weighted by atomic mass is 16.2. The van der Waals surface area contributed by atoms with E-state index in [1.54, 1.807) is 0 Å². The van der Waals surface area contributed by atoms with Crippen LogP contribution in [0.25, 0.3) is 11.0 Å². The van der Waals surface area contributed by atoms with Gasteiger partial charge in [-0.1, -0.05) is 56.3 Å². The summed E-state index contributed by atoms with van der Waals surface area (Å²) in [5, 5.41) is 3.08. The molecule has 0 aliphatic carbocycles. The highest BCUT2D eigenvalue weighted by molar-refractivity contribution is 5.81. The Bertz CT molecular complexity index is 836. The summed E-state index contributed by atoms with van der Waals surface area (Å²) in [7, 11) is 0. The van der Waals surface area contributed by atoms with E-state index in [4.69, 9.17) is 0 Å². The Morgan fingerprint density at radius 1 is 1.04 bits per heavy atom. The molecule has 4 nitrogen and oxygen atoms in total. The molecule has 24 heavy (non-hydrogen) atoms. The molecule has 1 N–H and O–H groups in total. The number of carbonyl (C=O) groups is 1. The average Bonchev–Trinajstić information content (AvgIpc) is 2.94.